The quantitative estimate of drug-likeness (QED) is 0.763. The average molecular weight is 212 g/mol. The van der Waals surface area contributed by atoms with Crippen LogP contribution >= 0.6 is 0 Å². The normalized spacial score (nSPS) is 10.9. The number of nitrogens with zero attached hydrogens (tertiary/aromatic N) is 3. The summed E-state index contributed by atoms with van der Waals surface area (Å²) in [5.74, 6) is -0.933. The molecule has 15 heavy (non-hydrogen) atoms. The molecular weight excluding hydrogens is 207 g/mol. The van der Waals surface area contributed by atoms with Gasteiger partial charge in [-0.2, -0.15) is 0 Å². The molecule has 0 saturated heterocycles. The molecule has 2 rings (SSSR count). The molecule has 0 unspecified atom stereocenters. The van der Waals surface area contributed by atoms with Crippen molar-refractivity contribution in [3.63, 3.8) is 0 Å². The lowest BCUT2D eigenvalue weighted by Gasteiger charge is -2.05. The van der Waals surface area contributed by atoms with Crippen molar-refractivity contribution in [1.82, 2.24) is 15.0 Å². The predicted octanol–water partition coefficient (Wildman–Crippen LogP) is 2.14. The molecule has 1 heterocycles. The fourth-order valence-corrected chi connectivity index (χ4v) is 1.15. The van der Waals surface area contributed by atoms with Crippen LogP contribution in [0, 0.1) is 12.0 Å². The molecule has 0 aliphatic carbocycles. The van der Waals surface area contributed by atoms with Crippen molar-refractivity contribution in [3.05, 3.63) is 42.0 Å². The standard InChI is InChI=1S/C9H5F3N3/c10-8-2-1-6(5-7(8)9(11)12)15-4-3-13-14-15/h1-2,4-5,9H. The highest BCUT2D eigenvalue weighted by atomic mass is 19.3. The Balaban J connectivity index is 2.48. The van der Waals surface area contributed by atoms with Gasteiger partial charge in [-0.3, -0.25) is 0 Å². The molecule has 77 valence electrons. The van der Waals surface area contributed by atoms with E-state index in [-0.39, 0.29) is 0 Å². The fraction of sp³-hybridized carbons (Fsp3) is 0.111. The number of hydrogen-bond donors (Lipinski definition) is 0. The molecule has 1 radical (unpaired) electrons. The van der Waals surface area contributed by atoms with E-state index in [1.54, 1.807) is 0 Å². The summed E-state index contributed by atoms with van der Waals surface area (Å²) in [6.45, 7) is 0. The van der Waals surface area contributed by atoms with E-state index >= 15 is 0 Å². The molecule has 0 aliphatic rings. The molecule has 3 nitrogen and oxygen atoms in total. The van der Waals surface area contributed by atoms with E-state index in [1.165, 1.54) is 16.9 Å². The molecule has 0 amide bonds. The van der Waals surface area contributed by atoms with E-state index in [0.29, 0.717) is 5.69 Å². The first-order valence-corrected chi connectivity index (χ1v) is 4.05. The third kappa shape index (κ3) is 1.83. The van der Waals surface area contributed by atoms with Gasteiger partial charge < -0.3 is 0 Å². The van der Waals surface area contributed by atoms with Crippen LogP contribution in [0.3, 0.4) is 0 Å². The molecule has 2 aromatic rings. The van der Waals surface area contributed by atoms with Crippen LogP contribution in [0.2, 0.25) is 0 Å². The summed E-state index contributed by atoms with van der Waals surface area (Å²) in [6, 6.07) is 3.34. The van der Waals surface area contributed by atoms with Crippen molar-refractivity contribution in [3.8, 4) is 5.69 Å². The molecular formula is C9H5F3N3. The zero-order valence-corrected chi connectivity index (χ0v) is 7.36. The Kier molecular flexibility index (Phi) is 2.40. The van der Waals surface area contributed by atoms with Gasteiger partial charge in [-0.15, -0.1) is 5.10 Å². The first-order chi connectivity index (χ1) is 7.18. The second-order valence-corrected chi connectivity index (χ2v) is 2.80. The number of aromatic nitrogens is 3. The predicted molar refractivity (Wildman–Crippen MR) is 45.1 cm³/mol. The lowest BCUT2D eigenvalue weighted by Crippen LogP contribution is -1.98. The van der Waals surface area contributed by atoms with Gasteiger partial charge in [0.25, 0.3) is 6.43 Å². The monoisotopic (exact) mass is 212 g/mol. The number of benzene rings is 1. The smallest absolute Gasteiger partial charge is 0.220 e. The fourth-order valence-electron chi connectivity index (χ4n) is 1.15. The van der Waals surface area contributed by atoms with Crippen LogP contribution in [0.5, 0.6) is 0 Å². The molecule has 0 bridgehead atoms. The summed E-state index contributed by atoms with van der Waals surface area (Å²) in [4.78, 5) is 0. The minimum absolute atomic E-state index is 0.320. The summed E-state index contributed by atoms with van der Waals surface area (Å²) < 4.78 is 38.9. The summed E-state index contributed by atoms with van der Waals surface area (Å²) in [5, 5.41) is 6.96. The first-order valence-electron chi connectivity index (χ1n) is 4.05. The number of halogens is 3. The second-order valence-electron chi connectivity index (χ2n) is 2.80. The molecule has 1 aromatic carbocycles. The molecule has 0 fully saturated rings. The number of hydrogen-bond acceptors (Lipinski definition) is 2. The van der Waals surface area contributed by atoms with Crippen molar-refractivity contribution in [2.24, 2.45) is 0 Å². The van der Waals surface area contributed by atoms with E-state index in [1.807, 2.05) is 0 Å². The van der Waals surface area contributed by atoms with Crippen LogP contribution < -0.4 is 0 Å². The Hall–Kier alpha value is -1.85. The molecule has 1 aromatic heterocycles. The van der Waals surface area contributed by atoms with Crippen molar-refractivity contribution >= 4 is 0 Å². The first kappa shape index (κ1) is 9.70. The van der Waals surface area contributed by atoms with Crippen molar-refractivity contribution in [2.45, 2.75) is 6.43 Å². The summed E-state index contributed by atoms with van der Waals surface area (Å²) >= 11 is 0. The van der Waals surface area contributed by atoms with Gasteiger partial charge in [0, 0.05) is 0 Å². The van der Waals surface area contributed by atoms with Crippen LogP contribution in [0.4, 0.5) is 13.2 Å². The van der Waals surface area contributed by atoms with Crippen LogP contribution in [-0.4, -0.2) is 15.0 Å². The SMILES string of the molecule is Fc1ccc(-n2c[c]nn2)cc1C(F)F. The average Bonchev–Trinajstić information content (AvgIpc) is 2.71. The highest BCUT2D eigenvalue weighted by Gasteiger charge is 2.14. The van der Waals surface area contributed by atoms with Gasteiger partial charge in [-0.1, -0.05) is 5.21 Å². The van der Waals surface area contributed by atoms with E-state index in [2.05, 4.69) is 16.5 Å². The molecule has 0 N–H and O–H groups in total. The minimum atomic E-state index is -2.85. The maximum absolute atomic E-state index is 12.9. The van der Waals surface area contributed by atoms with Crippen LogP contribution in [-0.2, 0) is 0 Å². The Morgan fingerprint density at radius 2 is 2.13 bits per heavy atom. The van der Waals surface area contributed by atoms with Crippen LogP contribution in [0.1, 0.15) is 12.0 Å². The maximum atomic E-state index is 12.9. The van der Waals surface area contributed by atoms with Gasteiger partial charge in [-0.25, -0.2) is 17.9 Å². The molecule has 0 spiro atoms. The van der Waals surface area contributed by atoms with E-state index < -0.39 is 17.8 Å². The highest BCUT2D eigenvalue weighted by molar-refractivity contribution is 5.36. The van der Waals surface area contributed by atoms with Gasteiger partial charge in [0.15, 0.2) is 0 Å². The third-order valence-electron chi connectivity index (χ3n) is 1.86. The van der Waals surface area contributed by atoms with Crippen LogP contribution in [0.25, 0.3) is 5.69 Å². The Morgan fingerprint density at radius 3 is 2.73 bits per heavy atom. The third-order valence-corrected chi connectivity index (χ3v) is 1.86. The lowest BCUT2D eigenvalue weighted by atomic mass is 10.2. The van der Waals surface area contributed by atoms with E-state index in [0.717, 1.165) is 12.1 Å². The zero-order chi connectivity index (χ0) is 10.8. The lowest BCUT2D eigenvalue weighted by molar-refractivity contribution is 0.146. The maximum Gasteiger partial charge on any atom is 0.266 e. The van der Waals surface area contributed by atoms with Gasteiger partial charge in [0.1, 0.15) is 12.0 Å². The molecule has 0 aliphatic heterocycles. The Labute approximate surface area is 83.1 Å². The Bertz CT molecular complexity index is 454. The van der Waals surface area contributed by atoms with Gasteiger partial charge in [0.2, 0.25) is 0 Å². The summed E-state index contributed by atoms with van der Waals surface area (Å²) in [7, 11) is 0. The molecule has 0 saturated carbocycles. The highest BCUT2D eigenvalue weighted by Crippen LogP contribution is 2.23. The summed E-state index contributed by atoms with van der Waals surface area (Å²) in [6.07, 6.45) is 0.926. The van der Waals surface area contributed by atoms with Crippen molar-refractivity contribution in [2.75, 3.05) is 0 Å². The second kappa shape index (κ2) is 3.72. The van der Waals surface area contributed by atoms with Crippen molar-refractivity contribution < 1.29 is 13.2 Å². The van der Waals surface area contributed by atoms with E-state index in [4.69, 9.17) is 0 Å². The molecule has 0 atom stereocenters. The van der Waals surface area contributed by atoms with E-state index in [9.17, 15) is 13.2 Å². The number of alkyl halides is 2. The van der Waals surface area contributed by atoms with Gasteiger partial charge in [-0.05, 0) is 18.2 Å². The molecule has 6 heteroatoms. The largest absolute Gasteiger partial charge is 0.266 e. The zero-order valence-electron chi connectivity index (χ0n) is 7.36. The number of rotatable bonds is 2. The summed E-state index contributed by atoms with van der Waals surface area (Å²) in [5.41, 5.74) is -0.330. The van der Waals surface area contributed by atoms with Gasteiger partial charge in [0.05, 0.1) is 17.4 Å². The van der Waals surface area contributed by atoms with Crippen LogP contribution in [0.15, 0.2) is 24.4 Å². The minimum Gasteiger partial charge on any atom is -0.220 e. The Morgan fingerprint density at radius 1 is 1.33 bits per heavy atom. The topological polar surface area (TPSA) is 30.7 Å². The van der Waals surface area contributed by atoms with Gasteiger partial charge >= 0.3 is 0 Å². The van der Waals surface area contributed by atoms with Crippen molar-refractivity contribution in [1.29, 1.82) is 0 Å².